The second-order valence-electron chi connectivity index (χ2n) is 7.49. The minimum absolute atomic E-state index is 0.0438. The number of piperazine rings is 1. The number of rotatable bonds is 4. The van der Waals surface area contributed by atoms with E-state index in [1.165, 1.54) is 12.1 Å². The predicted octanol–water partition coefficient (Wildman–Crippen LogP) is 3.19. The van der Waals surface area contributed by atoms with Crippen LogP contribution in [0.25, 0.3) is 6.08 Å². The highest BCUT2D eigenvalue weighted by Gasteiger charge is 2.39. The Morgan fingerprint density at radius 1 is 1.17 bits per heavy atom. The van der Waals surface area contributed by atoms with E-state index in [1.54, 1.807) is 30.4 Å². The summed E-state index contributed by atoms with van der Waals surface area (Å²) in [5.41, 5.74) is 8.31. The fraction of sp³-hybridized carbons (Fsp3) is 0.318. The van der Waals surface area contributed by atoms with Crippen molar-refractivity contribution in [1.29, 1.82) is 0 Å². The molecule has 29 heavy (non-hydrogen) atoms. The molecule has 4 rings (SSSR count). The Morgan fingerprint density at radius 2 is 1.86 bits per heavy atom. The third-order valence-electron chi connectivity index (χ3n) is 5.47. The summed E-state index contributed by atoms with van der Waals surface area (Å²) < 4.78 is 18.9. The molecule has 2 aromatic carbocycles. The lowest BCUT2D eigenvalue weighted by atomic mass is 10.0. The van der Waals surface area contributed by atoms with Crippen molar-refractivity contribution in [3.63, 3.8) is 0 Å². The summed E-state index contributed by atoms with van der Waals surface area (Å²) in [6.45, 7) is 3.07. The first-order valence-corrected chi connectivity index (χ1v) is 9.97. The quantitative estimate of drug-likeness (QED) is 0.615. The molecule has 2 atom stereocenters. The maximum absolute atomic E-state index is 13.2. The van der Waals surface area contributed by atoms with Crippen molar-refractivity contribution >= 4 is 29.3 Å². The van der Waals surface area contributed by atoms with Crippen molar-refractivity contribution in [2.45, 2.75) is 18.6 Å². The summed E-state index contributed by atoms with van der Waals surface area (Å²) in [6, 6.07) is 12.0. The molecule has 1 amide bonds. The lowest BCUT2D eigenvalue weighted by Crippen LogP contribution is -2.64. The van der Waals surface area contributed by atoms with Crippen LogP contribution >= 0.6 is 11.6 Å². The van der Waals surface area contributed by atoms with Crippen LogP contribution < -0.4 is 5.73 Å². The fourth-order valence-corrected chi connectivity index (χ4v) is 4.11. The van der Waals surface area contributed by atoms with Crippen LogP contribution in [0.15, 0.2) is 48.5 Å². The van der Waals surface area contributed by atoms with Crippen molar-refractivity contribution < 1.29 is 13.9 Å². The van der Waals surface area contributed by atoms with Crippen LogP contribution in [-0.4, -0.2) is 54.1 Å². The first-order chi connectivity index (χ1) is 14.0. The van der Waals surface area contributed by atoms with E-state index in [9.17, 15) is 9.18 Å². The van der Waals surface area contributed by atoms with E-state index < -0.39 is 0 Å². The number of morpholine rings is 1. The highest BCUT2D eigenvalue weighted by Crippen LogP contribution is 2.25. The zero-order chi connectivity index (χ0) is 20.4. The number of nitrogen functional groups attached to an aromatic ring is 1. The summed E-state index contributed by atoms with van der Waals surface area (Å²) in [6.07, 6.45) is 3.29. The Morgan fingerprint density at radius 3 is 2.52 bits per heavy atom. The van der Waals surface area contributed by atoms with Gasteiger partial charge in [-0.2, -0.15) is 0 Å². The lowest BCUT2D eigenvalue weighted by molar-refractivity contribution is -0.141. The summed E-state index contributed by atoms with van der Waals surface area (Å²) in [7, 11) is 0. The molecule has 0 aliphatic carbocycles. The minimum atomic E-state index is -0.235. The fourth-order valence-electron chi connectivity index (χ4n) is 3.93. The topological polar surface area (TPSA) is 58.8 Å². The number of amides is 1. The minimum Gasteiger partial charge on any atom is -0.398 e. The van der Waals surface area contributed by atoms with Crippen LogP contribution in [0.3, 0.4) is 0 Å². The average molecular weight is 416 g/mol. The van der Waals surface area contributed by atoms with Gasteiger partial charge in [0.25, 0.3) is 0 Å². The molecule has 0 aromatic heterocycles. The van der Waals surface area contributed by atoms with E-state index in [4.69, 9.17) is 22.1 Å². The van der Waals surface area contributed by atoms with Gasteiger partial charge in [-0.15, -0.1) is 0 Å². The number of fused-ring (bicyclic) bond motifs is 2. The largest absolute Gasteiger partial charge is 0.398 e. The number of carbonyl (C=O) groups is 1. The Hall–Kier alpha value is -2.41. The van der Waals surface area contributed by atoms with Gasteiger partial charge in [-0.1, -0.05) is 29.8 Å². The Labute approximate surface area is 174 Å². The van der Waals surface area contributed by atoms with Crippen LogP contribution in [0.2, 0.25) is 5.02 Å². The van der Waals surface area contributed by atoms with Gasteiger partial charge in [0, 0.05) is 36.4 Å². The molecule has 2 N–H and O–H groups in total. The van der Waals surface area contributed by atoms with Crippen LogP contribution in [0.4, 0.5) is 10.1 Å². The van der Waals surface area contributed by atoms with E-state index in [2.05, 4.69) is 4.90 Å². The van der Waals surface area contributed by atoms with Crippen molar-refractivity contribution in [2.75, 3.05) is 32.0 Å². The molecule has 2 aromatic rings. The number of hydrogen-bond acceptors (Lipinski definition) is 4. The van der Waals surface area contributed by atoms with Gasteiger partial charge in [0.15, 0.2) is 0 Å². The standard InChI is InChI=1S/C22H23ClFN3O2/c23-17-5-3-16(21(25)9-17)4-8-22(28)26-11-19-13-29-14-20(12-26)27(19)10-15-1-6-18(24)7-2-15/h1-9,19-20H,10-14,25H2/b8-4+. The molecule has 2 heterocycles. The third kappa shape index (κ3) is 4.61. The molecule has 5 nitrogen and oxygen atoms in total. The maximum Gasteiger partial charge on any atom is 0.246 e. The average Bonchev–Trinajstić information content (AvgIpc) is 2.68. The van der Waals surface area contributed by atoms with Gasteiger partial charge in [-0.25, -0.2) is 4.39 Å². The van der Waals surface area contributed by atoms with Gasteiger partial charge < -0.3 is 15.4 Å². The van der Waals surface area contributed by atoms with Gasteiger partial charge in [0.05, 0.1) is 25.3 Å². The summed E-state index contributed by atoms with van der Waals surface area (Å²) in [5, 5.41) is 0.566. The summed E-state index contributed by atoms with van der Waals surface area (Å²) in [5.74, 6) is -0.279. The smallest absolute Gasteiger partial charge is 0.246 e. The normalized spacial score (nSPS) is 22.2. The van der Waals surface area contributed by atoms with Crippen LogP contribution in [0, 0.1) is 5.82 Å². The van der Waals surface area contributed by atoms with E-state index in [0.717, 1.165) is 17.7 Å². The molecule has 152 valence electrons. The van der Waals surface area contributed by atoms with E-state index >= 15 is 0 Å². The van der Waals surface area contributed by atoms with Crippen molar-refractivity contribution in [2.24, 2.45) is 0 Å². The summed E-state index contributed by atoms with van der Waals surface area (Å²) in [4.78, 5) is 17.0. The number of halogens is 2. The van der Waals surface area contributed by atoms with Gasteiger partial charge in [0.2, 0.25) is 5.91 Å². The first kappa shape index (κ1) is 19.9. The van der Waals surface area contributed by atoms with Gasteiger partial charge >= 0.3 is 0 Å². The monoisotopic (exact) mass is 415 g/mol. The molecule has 2 aliphatic heterocycles. The van der Waals surface area contributed by atoms with E-state index in [0.29, 0.717) is 37.0 Å². The number of anilines is 1. The molecule has 2 aliphatic rings. The number of ether oxygens (including phenoxy) is 1. The zero-order valence-corrected chi connectivity index (χ0v) is 16.7. The predicted molar refractivity (Wildman–Crippen MR) is 112 cm³/mol. The molecule has 2 fully saturated rings. The van der Waals surface area contributed by atoms with Crippen LogP contribution in [0.5, 0.6) is 0 Å². The van der Waals surface area contributed by atoms with Crippen LogP contribution in [0.1, 0.15) is 11.1 Å². The van der Waals surface area contributed by atoms with E-state index in [-0.39, 0.29) is 23.8 Å². The highest BCUT2D eigenvalue weighted by atomic mass is 35.5. The highest BCUT2D eigenvalue weighted by molar-refractivity contribution is 6.30. The molecule has 2 unspecified atom stereocenters. The number of benzene rings is 2. The third-order valence-corrected chi connectivity index (χ3v) is 5.70. The molecular formula is C22H23ClFN3O2. The lowest BCUT2D eigenvalue weighted by Gasteiger charge is -2.49. The van der Waals surface area contributed by atoms with Gasteiger partial charge in [-0.3, -0.25) is 9.69 Å². The molecule has 2 saturated heterocycles. The van der Waals surface area contributed by atoms with Crippen molar-refractivity contribution in [3.05, 3.63) is 70.5 Å². The van der Waals surface area contributed by atoms with E-state index in [1.807, 2.05) is 17.0 Å². The Kier molecular flexibility index (Phi) is 5.85. The van der Waals surface area contributed by atoms with Gasteiger partial charge in [-0.05, 0) is 41.5 Å². The first-order valence-electron chi connectivity index (χ1n) is 9.59. The maximum atomic E-state index is 13.2. The second-order valence-corrected chi connectivity index (χ2v) is 7.93. The Bertz CT molecular complexity index is 905. The summed E-state index contributed by atoms with van der Waals surface area (Å²) >= 11 is 5.92. The van der Waals surface area contributed by atoms with Gasteiger partial charge in [0.1, 0.15) is 5.82 Å². The molecular weight excluding hydrogens is 393 g/mol. The zero-order valence-electron chi connectivity index (χ0n) is 15.9. The second kappa shape index (κ2) is 8.53. The van der Waals surface area contributed by atoms with Crippen molar-refractivity contribution in [3.8, 4) is 0 Å². The molecule has 7 heteroatoms. The van der Waals surface area contributed by atoms with Crippen LogP contribution in [-0.2, 0) is 16.1 Å². The Balaban J connectivity index is 1.43. The number of carbonyl (C=O) groups excluding carboxylic acids is 1. The molecule has 0 radical (unpaired) electrons. The molecule has 2 bridgehead atoms. The number of hydrogen-bond donors (Lipinski definition) is 1. The molecule has 0 saturated carbocycles. The number of nitrogens with two attached hydrogens (primary N) is 1. The number of nitrogens with zero attached hydrogens (tertiary/aromatic N) is 2. The van der Waals surface area contributed by atoms with Crippen molar-refractivity contribution in [1.82, 2.24) is 9.80 Å². The SMILES string of the molecule is Nc1cc(Cl)ccc1/C=C/C(=O)N1CC2COCC(C1)N2Cc1ccc(F)cc1. The molecule has 0 spiro atoms.